The highest BCUT2D eigenvalue weighted by molar-refractivity contribution is 5.93. The fourth-order valence-electron chi connectivity index (χ4n) is 4.42. The van der Waals surface area contributed by atoms with E-state index in [4.69, 9.17) is 14.6 Å². The van der Waals surface area contributed by atoms with E-state index in [0.29, 0.717) is 31.9 Å². The van der Waals surface area contributed by atoms with Crippen molar-refractivity contribution in [3.63, 3.8) is 0 Å². The molecule has 7 heteroatoms. The number of fused-ring (bicyclic) bond motifs is 1. The zero-order valence-corrected chi connectivity index (χ0v) is 21.8. The number of aryl methyl sites for hydroxylation is 1. The van der Waals surface area contributed by atoms with Gasteiger partial charge in [-0.3, -0.25) is 9.59 Å². The van der Waals surface area contributed by atoms with Crippen LogP contribution in [0.5, 0.6) is 11.5 Å². The van der Waals surface area contributed by atoms with Gasteiger partial charge in [0.1, 0.15) is 11.5 Å². The number of hydrogen-bond donors (Lipinski definition) is 2. The Bertz CT molecular complexity index is 1410. The maximum atomic E-state index is 11.4. The second-order valence-electron chi connectivity index (χ2n) is 9.25. The second-order valence-corrected chi connectivity index (χ2v) is 9.25. The lowest BCUT2D eigenvalue weighted by molar-refractivity contribution is -0.138. The zero-order chi connectivity index (χ0) is 27.5. The Balaban J connectivity index is 1.34. The Hall–Kier alpha value is -4.52. The molecule has 7 nitrogen and oxygen atoms in total. The number of aliphatic carboxylic acids is 2. The van der Waals surface area contributed by atoms with Gasteiger partial charge in [0.15, 0.2) is 0 Å². The Morgan fingerprint density at radius 1 is 0.744 bits per heavy atom. The van der Waals surface area contributed by atoms with E-state index in [1.807, 2.05) is 95.6 Å². The summed E-state index contributed by atoms with van der Waals surface area (Å²) in [5.74, 6) is -0.0841. The van der Waals surface area contributed by atoms with Crippen molar-refractivity contribution in [2.24, 2.45) is 0 Å². The highest BCUT2D eigenvalue weighted by Crippen LogP contribution is 2.27. The van der Waals surface area contributed by atoms with Crippen LogP contribution >= 0.6 is 0 Å². The third-order valence-electron chi connectivity index (χ3n) is 6.32. The van der Waals surface area contributed by atoms with Crippen molar-refractivity contribution in [3.8, 4) is 11.5 Å². The smallest absolute Gasteiger partial charge is 0.309 e. The van der Waals surface area contributed by atoms with Gasteiger partial charge in [-0.15, -0.1) is 0 Å². The van der Waals surface area contributed by atoms with Crippen molar-refractivity contribution >= 4 is 35.0 Å². The van der Waals surface area contributed by atoms with E-state index in [2.05, 4.69) is 0 Å². The van der Waals surface area contributed by atoms with Gasteiger partial charge in [-0.1, -0.05) is 54.6 Å². The van der Waals surface area contributed by atoms with E-state index in [9.17, 15) is 14.7 Å². The first-order valence-corrected chi connectivity index (χ1v) is 13.1. The lowest BCUT2D eigenvalue weighted by Gasteiger charge is -2.09. The normalized spacial score (nSPS) is 11.2. The fourth-order valence-corrected chi connectivity index (χ4v) is 4.42. The Morgan fingerprint density at radius 3 is 2.10 bits per heavy atom. The molecule has 4 aromatic rings. The first-order chi connectivity index (χ1) is 19.0. The van der Waals surface area contributed by atoms with E-state index in [1.54, 1.807) is 0 Å². The van der Waals surface area contributed by atoms with E-state index < -0.39 is 11.9 Å². The van der Waals surface area contributed by atoms with Crippen LogP contribution in [0.15, 0.2) is 78.9 Å². The molecular formula is C32H33NO6. The van der Waals surface area contributed by atoms with Crippen LogP contribution in [0.2, 0.25) is 0 Å². The van der Waals surface area contributed by atoms with Gasteiger partial charge in [-0.2, -0.15) is 0 Å². The van der Waals surface area contributed by atoms with Gasteiger partial charge in [0.2, 0.25) is 0 Å². The molecule has 39 heavy (non-hydrogen) atoms. The highest BCUT2D eigenvalue weighted by atomic mass is 16.5. The van der Waals surface area contributed by atoms with Gasteiger partial charge in [-0.05, 0) is 66.8 Å². The maximum Gasteiger partial charge on any atom is 0.309 e. The summed E-state index contributed by atoms with van der Waals surface area (Å²) in [7, 11) is 0. The Morgan fingerprint density at radius 2 is 1.44 bits per heavy atom. The highest BCUT2D eigenvalue weighted by Gasteiger charge is 2.14. The number of carboxylic acid groups (broad SMARTS) is 2. The minimum atomic E-state index is -0.919. The van der Waals surface area contributed by atoms with Gasteiger partial charge in [-0.25, -0.2) is 0 Å². The number of carbonyl (C=O) groups is 2. The average Bonchev–Trinajstić information content (AvgIpc) is 3.27. The number of nitrogens with zero attached hydrogens (tertiary/aromatic N) is 1. The molecule has 0 radical (unpaired) electrons. The molecule has 0 saturated carbocycles. The van der Waals surface area contributed by atoms with Gasteiger partial charge in [0.05, 0.1) is 19.6 Å². The van der Waals surface area contributed by atoms with E-state index in [0.717, 1.165) is 46.4 Å². The standard InChI is InChI=1S/C32H33NO6/c34-31(35)12-7-19-33-26(23-32(36)37)22-29-25(8-6-11-30(29)33)16-13-24-14-17-28(18-15-24)39-21-5-4-20-38-27-9-2-1-3-10-27/h1-3,6,8-11,13-18,22H,4-5,7,12,19-21,23H2,(H,34,35)(H,36,37). The molecule has 0 fully saturated rings. The number of para-hydroxylation sites is 1. The van der Waals surface area contributed by atoms with Gasteiger partial charge >= 0.3 is 11.9 Å². The maximum absolute atomic E-state index is 11.4. The molecule has 1 aromatic heterocycles. The van der Waals surface area contributed by atoms with Crippen LogP contribution in [0.4, 0.5) is 0 Å². The molecule has 0 bridgehead atoms. The van der Waals surface area contributed by atoms with Crippen molar-refractivity contribution in [1.29, 1.82) is 0 Å². The average molecular weight is 528 g/mol. The molecular weight excluding hydrogens is 494 g/mol. The predicted molar refractivity (Wildman–Crippen MR) is 152 cm³/mol. The number of aromatic nitrogens is 1. The van der Waals surface area contributed by atoms with Crippen LogP contribution in [0, 0.1) is 0 Å². The van der Waals surface area contributed by atoms with Gasteiger partial charge in [0, 0.05) is 29.6 Å². The SMILES string of the molecule is O=C(O)CCCn1c(CC(=O)O)cc2c(C=Cc3ccc(OCCCCOc4ccccc4)cc3)cccc21. The topological polar surface area (TPSA) is 98.0 Å². The number of rotatable bonds is 15. The van der Waals surface area contributed by atoms with Crippen molar-refractivity contribution in [2.45, 2.75) is 38.6 Å². The zero-order valence-electron chi connectivity index (χ0n) is 21.8. The summed E-state index contributed by atoms with van der Waals surface area (Å²) in [5.41, 5.74) is 3.55. The lowest BCUT2D eigenvalue weighted by atomic mass is 10.1. The van der Waals surface area contributed by atoms with Crippen LogP contribution in [-0.2, 0) is 22.6 Å². The van der Waals surface area contributed by atoms with Gasteiger partial charge in [0.25, 0.3) is 0 Å². The molecule has 0 aliphatic heterocycles. The number of hydrogen-bond acceptors (Lipinski definition) is 4. The summed E-state index contributed by atoms with van der Waals surface area (Å²) in [6.07, 6.45) is 6.19. The molecule has 0 saturated heterocycles. The number of benzene rings is 3. The molecule has 0 atom stereocenters. The Kier molecular flexibility index (Phi) is 9.78. The molecule has 202 valence electrons. The fraction of sp³-hybridized carbons (Fsp3) is 0.250. The summed E-state index contributed by atoms with van der Waals surface area (Å²) >= 11 is 0. The van der Waals surface area contributed by atoms with E-state index in [-0.39, 0.29) is 12.8 Å². The van der Waals surface area contributed by atoms with Gasteiger partial charge < -0.3 is 24.3 Å². The molecule has 0 aliphatic carbocycles. The Labute approximate surface area is 227 Å². The van der Waals surface area contributed by atoms with Crippen LogP contribution in [0.3, 0.4) is 0 Å². The largest absolute Gasteiger partial charge is 0.494 e. The second kappa shape index (κ2) is 13.9. The third-order valence-corrected chi connectivity index (χ3v) is 6.32. The lowest BCUT2D eigenvalue weighted by Crippen LogP contribution is -2.09. The minimum Gasteiger partial charge on any atom is -0.494 e. The minimum absolute atomic E-state index is 0.0359. The summed E-state index contributed by atoms with van der Waals surface area (Å²) in [6, 6.07) is 25.4. The van der Waals surface area contributed by atoms with Crippen molar-refractivity contribution in [2.75, 3.05) is 13.2 Å². The van der Waals surface area contributed by atoms with Crippen molar-refractivity contribution in [3.05, 3.63) is 95.7 Å². The quantitative estimate of drug-likeness (QED) is 0.135. The molecule has 0 unspecified atom stereocenters. The molecule has 1 heterocycles. The van der Waals surface area contributed by atoms with Crippen LogP contribution < -0.4 is 9.47 Å². The summed E-state index contributed by atoms with van der Waals surface area (Å²) in [6.45, 7) is 1.73. The van der Waals surface area contributed by atoms with E-state index in [1.165, 1.54) is 0 Å². The van der Waals surface area contributed by atoms with Crippen LogP contribution in [0.25, 0.3) is 23.1 Å². The molecule has 4 rings (SSSR count). The van der Waals surface area contributed by atoms with Crippen LogP contribution in [-0.4, -0.2) is 39.9 Å². The van der Waals surface area contributed by atoms with E-state index >= 15 is 0 Å². The van der Waals surface area contributed by atoms with Crippen molar-refractivity contribution < 1.29 is 29.3 Å². The molecule has 3 aromatic carbocycles. The predicted octanol–water partition coefficient (Wildman–Crippen LogP) is 6.54. The van der Waals surface area contributed by atoms with Crippen LogP contribution in [0.1, 0.15) is 42.5 Å². The number of carboxylic acids is 2. The summed E-state index contributed by atoms with van der Waals surface area (Å²) in [5, 5.41) is 19.3. The summed E-state index contributed by atoms with van der Waals surface area (Å²) in [4.78, 5) is 22.4. The molecule has 2 N–H and O–H groups in total. The first-order valence-electron chi connectivity index (χ1n) is 13.1. The number of ether oxygens (including phenoxy) is 2. The monoisotopic (exact) mass is 527 g/mol. The third kappa shape index (κ3) is 8.23. The molecule has 0 amide bonds. The molecule has 0 spiro atoms. The summed E-state index contributed by atoms with van der Waals surface area (Å²) < 4.78 is 13.5. The first kappa shape index (κ1) is 27.5. The van der Waals surface area contributed by atoms with Crippen molar-refractivity contribution in [1.82, 2.24) is 4.57 Å². The molecule has 0 aliphatic rings. The number of unbranched alkanes of at least 4 members (excludes halogenated alkanes) is 1.